The molecule has 1 aromatic heterocycles. The van der Waals surface area contributed by atoms with Gasteiger partial charge in [0.25, 0.3) is 5.91 Å². The predicted octanol–water partition coefficient (Wildman–Crippen LogP) is 3.10. The quantitative estimate of drug-likeness (QED) is 0.855. The summed E-state index contributed by atoms with van der Waals surface area (Å²) in [7, 11) is 0. The van der Waals surface area contributed by atoms with Crippen molar-refractivity contribution in [3.05, 3.63) is 45.9 Å². The van der Waals surface area contributed by atoms with Crippen LogP contribution in [0.2, 0.25) is 0 Å². The Morgan fingerprint density at radius 2 is 2.10 bits per heavy atom. The highest BCUT2D eigenvalue weighted by Gasteiger charge is 2.04. The number of benzene rings is 1. The van der Waals surface area contributed by atoms with Crippen LogP contribution in [-0.4, -0.2) is 17.5 Å². The average molecular weight is 304 g/mol. The summed E-state index contributed by atoms with van der Waals surface area (Å²) in [4.78, 5) is 16.0. The maximum Gasteiger partial charge on any atom is 0.258 e. The van der Waals surface area contributed by atoms with Gasteiger partial charge in [-0.15, -0.1) is 11.3 Å². The number of nitrogens with zero attached hydrogens (tertiary/aromatic N) is 1. The number of hydrogen-bond acceptors (Lipinski definition) is 4. The summed E-state index contributed by atoms with van der Waals surface area (Å²) in [6.45, 7) is 4.57. The lowest BCUT2D eigenvalue weighted by atomic mass is 10.1. The highest BCUT2D eigenvalue weighted by molar-refractivity contribution is 7.09. The van der Waals surface area contributed by atoms with E-state index in [4.69, 9.17) is 4.74 Å². The fourth-order valence-corrected chi connectivity index (χ4v) is 2.53. The molecule has 0 spiro atoms. The van der Waals surface area contributed by atoms with Crippen LogP contribution in [0.15, 0.2) is 29.6 Å². The van der Waals surface area contributed by atoms with Crippen LogP contribution in [0.1, 0.15) is 29.6 Å². The van der Waals surface area contributed by atoms with E-state index in [2.05, 4.69) is 17.2 Å². The number of ether oxygens (including phenoxy) is 1. The Hall–Kier alpha value is -1.88. The summed E-state index contributed by atoms with van der Waals surface area (Å²) < 4.78 is 5.46. The second kappa shape index (κ2) is 7.78. The zero-order chi connectivity index (χ0) is 15.1. The van der Waals surface area contributed by atoms with Crippen molar-refractivity contribution in [2.24, 2.45) is 0 Å². The fourth-order valence-electron chi connectivity index (χ4n) is 1.92. The van der Waals surface area contributed by atoms with E-state index in [-0.39, 0.29) is 12.5 Å². The summed E-state index contributed by atoms with van der Waals surface area (Å²) in [5.74, 6) is 0.577. The van der Waals surface area contributed by atoms with E-state index in [0.717, 1.165) is 29.3 Å². The number of aromatic nitrogens is 1. The van der Waals surface area contributed by atoms with Gasteiger partial charge in [-0.2, -0.15) is 0 Å². The normalized spacial score (nSPS) is 10.4. The summed E-state index contributed by atoms with van der Waals surface area (Å²) in [6, 6.07) is 7.88. The molecule has 4 nitrogen and oxygen atoms in total. The maximum absolute atomic E-state index is 11.7. The van der Waals surface area contributed by atoms with Gasteiger partial charge in [0, 0.05) is 5.38 Å². The minimum atomic E-state index is -0.140. The molecule has 0 fully saturated rings. The first-order valence-corrected chi connectivity index (χ1v) is 7.94. The summed E-state index contributed by atoms with van der Waals surface area (Å²) in [6.07, 6.45) is 2.19. The molecule has 0 atom stereocenters. The average Bonchev–Trinajstić information content (AvgIpc) is 2.90. The Balaban J connectivity index is 1.73. The Bertz CT molecular complexity index is 578. The molecule has 1 N–H and O–H groups in total. The lowest BCUT2D eigenvalue weighted by molar-refractivity contribution is -0.123. The van der Waals surface area contributed by atoms with Crippen LogP contribution in [0.25, 0.3) is 0 Å². The molecule has 1 heterocycles. The molecule has 1 amide bonds. The molecule has 0 aliphatic rings. The number of carbonyl (C=O) groups excluding carboxylic acids is 1. The van der Waals surface area contributed by atoms with Crippen LogP contribution < -0.4 is 10.1 Å². The molecule has 5 heteroatoms. The highest BCUT2D eigenvalue weighted by Crippen LogP contribution is 2.13. The Morgan fingerprint density at radius 3 is 2.71 bits per heavy atom. The predicted molar refractivity (Wildman–Crippen MR) is 84.6 cm³/mol. The van der Waals surface area contributed by atoms with E-state index in [0.29, 0.717) is 6.54 Å². The number of carbonyl (C=O) groups is 1. The first-order valence-electron chi connectivity index (χ1n) is 7.07. The molecular weight excluding hydrogens is 284 g/mol. The number of hydrogen-bond donors (Lipinski definition) is 1. The fraction of sp³-hybridized carbons (Fsp3) is 0.375. The zero-order valence-electron chi connectivity index (χ0n) is 12.4. The molecule has 0 aliphatic carbocycles. The molecule has 21 heavy (non-hydrogen) atoms. The van der Waals surface area contributed by atoms with Crippen LogP contribution in [0, 0.1) is 6.92 Å². The first kappa shape index (κ1) is 15.5. The van der Waals surface area contributed by atoms with Crippen LogP contribution >= 0.6 is 11.3 Å². The molecule has 1 aromatic carbocycles. The Labute approximate surface area is 129 Å². The van der Waals surface area contributed by atoms with E-state index in [9.17, 15) is 4.79 Å². The first-order chi connectivity index (χ1) is 10.2. The third-order valence-corrected chi connectivity index (χ3v) is 3.79. The topological polar surface area (TPSA) is 51.2 Å². The van der Waals surface area contributed by atoms with E-state index < -0.39 is 0 Å². The van der Waals surface area contributed by atoms with Gasteiger partial charge in [0.1, 0.15) is 5.75 Å². The molecule has 0 radical (unpaired) electrons. The molecule has 0 aliphatic heterocycles. The lowest BCUT2D eigenvalue weighted by Gasteiger charge is -2.07. The smallest absolute Gasteiger partial charge is 0.258 e. The SMILES string of the molecule is CCCc1ccc(OCC(=O)NCc2csc(C)n2)cc1. The van der Waals surface area contributed by atoms with E-state index in [1.807, 2.05) is 36.6 Å². The van der Waals surface area contributed by atoms with Crippen LogP contribution in [0.4, 0.5) is 0 Å². The molecule has 0 saturated carbocycles. The van der Waals surface area contributed by atoms with E-state index >= 15 is 0 Å². The monoisotopic (exact) mass is 304 g/mol. The number of thiazole rings is 1. The van der Waals surface area contributed by atoms with Gasteiger partial charge >= 0.3 is 0 Å². The van der Waals surface area contributed by atoms with Crippen molar-refractivity contribution in [1.29, 1.82) is 0 Å². The standard InChI is InChI=1S/C16H20N2O2S/c1-3-4-13-5-7-15(8-6-13)20-10-16(19)17-9-14-11-21-12(2)18-14/h5-8,11H,3-4,9-10H2,1-2H3,(H,17,19). The molecule has 2 aromatic rings. The van der Waals surface area contributed by atoms with Gasteiger partial charge in [-0.3, -0.25) is 4.79 Å². The minimum Gasteiger partial charge on any atom is -0.484 e. The van der Waals surface area contributed by atoms with Gasteiger partial charge in [-0.1, -0.05) is 25.5 Å². The molecular formula is C16H20N2O2S. The number of nitrogens with one attached hydrogen (secondary N) is 1. The number of amides is 1. The van der Waals surface area contributed by atoms with Crippen molar-refractivity contribution in [3.8, 4) is 5.75 Å². The second-order valence-electron chi connectivity index (χ2n) is 4.82. The van der Waals surface area contributed by atoms with Gasteiger partial charge in [0.15, 0.2) is 6.61 Å². The van der Waals surface area contributed by atoms with Crippen LogP contribution in [0.5, 0.6) is 5.75 Å². The number of rotatable bonds is 7. The van der Waals surface area contributed by atoms with Crippen molar-refractivity contribution in [1.82, 2.24) is 10.3 Å². The molecule has 0 bridgehead atoms. The summed E-state index contributed by atoms with van der Waals surface area (Å²) in [5, 5.41) is 5.74. The third-order valence-electron chi connectivity index (χ3n) is 2.97. The lowest BCUT2D eigenvalue weighted by Crippen LogP contribution is -2.28. The Kier molecular flexibility index (Phi) is 5.75. The van der Waals surface area contributed by atoms with E-state index in [1.54, 1.807) is 11.3 Å². The molecule has 2 rings (SSSR count). The van der Waals surface area contributed by atoms with Crippen LogP contribution in [0.3, 0.4) is 0 Å². The molecule has 112 valence electrons. The van der Waals surface area contributed by atoms with Gasteiger partial charge in [-0.25, -0.2) is 4.98 Å². The van der Waals surface area contributed by atoms with E-state index in [1.165, 1.54) is 5.56 Å². The van der Waals surface area contributed by atoms with Crippen molar-refractivity contribution in [2.75, 3.05) is 6.61 Å². The van der Waals surface area contributed by atoms with Crippen molar-refractivity contribution in [3.63, 3.8) is 0 Å². The van der Waals surface area contributed by atoms with Gasteiger partial charge in [0.05, 0.1) is 17.2 Å². The zero-order valence-corrected chi connectivity index (χ0v) is 13.2. The third kappa shape index (κ3) is 5.19. The van der Waals surface area contributed by atoms with Crippen molar-refractivity contribution in [2.45, 2.75) is 33.2 Å². The molecule has 0 saturated heterocycles. The summed E-state index contributed by atoms with van der Waals surface area (Å²) in [5.41, 5.74) is 2.17. The van der Waals surface area contributed by atoms with Crippen molar-refractivity contribution >= 4 is 17.2 Å². The largest absolute Gasteiger partial charge is 0.484 e. The Morgan fingerprint density at radius 1 is 1.33 bits per heavy atom. The highest BCUT2D eigenvalue weighted by atomic mass is 32.1. The molecule has 0 unspecified atom stereocenters. The minimum absolute atomic E-state index is 0.0241. The van der Waals surface area contributed by atoms with Gasteiger partial charge in [0.2, 0.25) is 0 Å². The maximum atomic E-state index is 11.7. The van der Waals surface area contributed by atoms with Crippen LogP contribution in [-0.2, 0) is 17.8 Å². The second-order valence-corrected chi connectivity index (χ2v) is 5.88. The number of aryl methyl sites for hydroxylation is 2. The van der Waals surface area contributed by atoms with Gasteiger partial charge in [-0.05, 0) is 31.0 Å². The summed E-state index contributed by atoms with van der Waals surface area (Å²) >= 11 is 1.58. The van der Waals surface area contributed by atoms with Gasteiger partial charge < -0.3 is 10.1 Å². The van der Waals surface area contributed by atoms with Crippen molar-refractivity contribution < 1.29 is 9.53 Å².